The van der Waals surface area contributed by atoms with Gasteiger partial charge in [0.25, 0.3) is 0 Å². The number of nitrogens with zero attached hydrogens (tertiary/aromatic N) is 1. The molecule has 0 heterocycles. The maximum absolute atomic E-state index is 12.2. The van der Waals surface area contributed by atoms with E-state index in [2.05, 4.69) is 0 Å². The monoisotopic (exact) mass is 263 g/mol. The second-order valence-electron chi connectivity index (χ2n) is 2.75. The summed E-state index contributed by atoms with van der Waals surface area (Å²) in [5.74, 6) is 0. The maximum atomic E-state index is 12.2. The zero-order valence-corrected chi connectivity index (χ0v) is 8.16. The second kappa shape index (κ2) is 4.04. The predicted octanol–water partition coefficient (Wildman–Crippen LogP) is 4.19. The van der Waals surface area contributed by atoms with Gasteiger partial charge < -0.3 is 0 Å². The van der Waals surface area contributed by atoms with Gasteiger partial charge in [0.1, 0.15) is 0 Å². The summed E-state index contributed by atoms with van der Waals surface area (Å²) in [5, 5.41) is -0.212. The van der Waals surface area contributed by atoms with Crippen LogP contribution < -0.4 is 4.90 Å². The van der Waals surface area contributed by atoms with Crippen LogP contribution >= 0.6 is 11.6 Å². The number of hydrogen-bond acceptors (Lipinski definition) is 1. The fourth-order valence-electron chi connectivity index (χ4n) is 1.05. The third kappa shape index (κ3) is 2.94. The summed E-state index contributed by atoms with van der Waals surface area (Å²) in [7, 11) is 0. The Bertz CT molecular complexity index is 358. The molecule has 0 saturated carbocycles. The average Bonchev–Trinajstić information content (AvgIpc) is 1.97. The summed E-state index contributed by atoms with van der Waals surface area (Å²) >= 11 is 5.33. The molecular weight excluding hydrogens is 260 g/mol. The van der Waals surface area contributed by atoms with Gasteiger partial charge in [-0.15, -0.1) is 26.3 Å². The molecule has 0 aliphatic heterocycles. The Kier molecular flexibility index (Phi) is 3.27. The lowest BCUT2D eigenvalue weighted by Crippen LogP contribution is -2.48. The van der Waals surface area contributed by atoms with Crippen LogP contribution in [0, 0.1) is 0 Å². The van der Waals surface area contributed by atoms with Crippen molar-refractivity contribution < 1.29 is 26.3 Å². The Hall–Kier alpha value is -1.11. The van der Waals surface area contributed by atoms with Gasteiger partial charge >= 0.3 is 12.6 Å². The molecule has 0 aliphatic carbocycles. The SMILES string of the molecule is FC(F)(F)N(c1cccc(Cl)c1)C(F)(F)F. The molecule has 0 saturated heterocycles. The summed E-state index contributed by atoms with van der Waals surface area (Å²) in [4.78, 5) is -1.61. The lowest BCUT2D eigenvalue weighted by molar-refractivity contribution is -0.226. The van der Waals surface area contributed by atoms with Gasteiger partial charge in [0.05, 0.1) is 5.69 Å². The number of halogens is 7. The van der Waals surface area contributed by atoms with E-state index in [9.17, 15) is 26.3 Å². The lowest BCUT2D eigenvalue weighted by atomic mass is 10.3. The molecule has 90 valence electrons. The van der Waals surface area contributed by atoms with Crippen molar-refractivity contribution in [1.82, 2.24) is 0 Å². The first-order valence-electron chi connectivity index (χ1n) is 3.82. The molecule has 0 aliphatic rings. The molecule has 0 fully saturated rings. The zero-order valence-electron chi connectivity index (χ0n) is 7.40. The first-order chi connectivity index (χ1) is 7.12. The van der Waals surface area contributed by atoms with Crippen molar-refractivity contribution in [3.05, 3.63) is 29.3 Å². The quantitative estimate of drug-likeness (QED) is 0.542. The van der Waals surface area contributed by atoms with E-state index < -0.39 is 23.2 Å². The van der Waals surface area contributed by atoms with Gasteiger partial charge in [-0.3, -0.25) is 0 Å². The third-order valence-corrected chi connectivity index (χ3v) is 1.81. The molecule has 0 atom stereocenters. The van der Waals surface area contributed by atoms with Crippen LogP contribution in [-0.2, 0) is 0 Å². The van der Waals surface area contributed by atoms with Crippen LogP contribution in [0.4, 0.5) is 32.0 Å². The molecule has 0 N–H and O–H groups in total. The highest BCUT2D eigenvalue weighted by Crippen LogP contribution is 2.38. The minimum atomic E-state index is -5.55. The van der Waals surface area contributed by atoms with E-state index in [0.29, 0.717) is 12.1 Å². The standard InChI is InChI=1S/C8H4ClF6N/c9-5-2-1-3-6(4-5)16(7(10,11)12)8(13,14)15/h1-4H. The second-order valence-corrected chi connectivity index (χ2v) is 3.19. The molecule has 0 bridgehead atoms. The zero-order chi connectivity index (χ0) is 12.6. The molecule has 1 nitrogen and oxygen atoms in total. The summed E-state index contributed by atoms with van der Waals surface area (Å²) in [6.07, 6.45) is -11.1. The molecule has 8 heteroatoms. The number of rotatable bonds is 1. The normalized spacial score (nSPS) is 12.7. The molecule has 0 unspecified atom stereocenters. The fourth-order valence-corrected chi connectivity index (χ4v) is 1.24. The Morgan fingerprint density at radius 1 is 0.938 bits per heavy atom. The van der Waals surface area contributed by atoms with Gasteiger partial charge in [0, 0.05) is 5.02 Å². The maximum Gasteiger partial charge on any atom is 0.491 e. The molecule has 1 rings (SSSR count). The minimum Gasteiger partial charge on any atom is -0.194 e. The third-order valence-electron chi connectivity index (χ3n) is 1.57. The first-order valence-corrected chi connectivity index (χ1v) is 4.19. The Labute approximate surface area is 91.2 Å². The van der Waals surface area contributed by atoms with Crippen molar-refractivity contribution in [2.45, 2.75) is 12.6 Å². The van der Waals surface area contributed by atoms with Crippen LogP contribution in [0.2, 0.25) is 5.02 Å². The van der Waals surface area contributed by atoms with E-state index in [1.807, 2.05) is 0 Å². The topological polar surface area (TPSA) is 3.24 Å². The van der Waals surface area contributed by atoms with E-state index in [-0.39, 0.29) is 5.02 Å². The van der Waals surface area contributed by atoms with Gasteiger partial charge in [-0.05, 0) is 18.2 Å². The smallest absolute Gasteiger partial charge is 0.194 e. The highest BCUT2D eigenvalue weighted by molar-refractivity contribution is 6.30. The number of hydrogen-bond donors (Lipinski definition) is 0. The molecule has 1 aromatic carbocycles. The summed E-state index contributed by atoms with van der Waals surface area (Å²) in [5.41, 5.74) is -1.08. The summed E-state index contributed by atoms with van der Waals surface area (Å²) < 4.78 is 73.2. The van der Waals surface area contributed by atoms with E-state index in [1.54, 1.807) is 0 Å². The van der Waals surface area contributed by atoms with Crippen LogP contribution in [0.25, 0.3) is 0 Å². The van der Waals surface area contributed by atoms with Gasteiger partial charge in [0.15, 0.2) is 0 Å². The molecular formula is C8H4ClF6N. The molecule has 16 heavy (non-hydrogen) atoms. The number of anilines is 1. The highest BCUT2D eigenvalue weighted by atomic mass is 35.5. The molecule has 0 radical (unpaired) electrons. The molecule has 0 aromatic heterocycles. The Morgan fingerprint density at radius 3 is 1.81 bits per heavy atom. The van der Waals surface area contributed by atoms with Crippen LogP contribution in [-0.4, -0.2) is 12.6 Å². The number of alkyl halides is 6. The minimum absolute atomic E-state index is 0.212. The van der Waals surface area contributed by atoms with Crippen molar-refractivity contribution >= 4 is 17.3 Å². The van der Waals surface area contributed by atoms with Crippen molar-refractivity contribution in [2.75, 3.05) is 4.90 Å². The van der Waals surface area contributed by atoms with Crippen molar-refractivity contribution in [2.24, 2.45) is 0 Å². The van der Waals surface area contributed by atoms with Crippen molar-refractivity contribution in [3.8, 4) is 0 Å². The average molecular weight is 264 g/mol. The molecule has 1 aromatic rings. The van der Waals surface area contributed by atoms with Crippen LogP contribution in [0.5, 0.6) is 0 Å². The van der Waals surface area contributed by atoms with E-state index >= 15 is 0 Å². The van der Waals surface area contributed by atoms with Crippen molar-refractivity contribution in [3.63, 3.8) is 0 Å². The lowest BCUT2D eigenvalue weighted by Gasteiger charge is -2.28. The van der Waals surface area contributed by atoms with Gasteiger partial charge in [-0.25, -0.2) is 0 Å². The fraction of sp³-hybridized carbons (Fsp3) is 0.250. The summed E-state index contributed by atoms with van der Waals surface area (Å²) in [6, 6.07) is 3.44. The highest BCUT2D eigenvalue weighted by Gasteiger charge is 2.53. The summed E-state index contributed by atoms with van der Waals surface area (Å²) in [6.45, 7) is 0. The molecule has 0 spiro atoms. The largest absolute Gasteiger partial charge is 0.491 e. The first kappa shape index (κ1) is 13.0. The van der Waals surface area contributed by atoms with Crippen LogP contribution in [0.15, 0.2) is 24.3 Å². The van der Waals surface area contributed by atoms with E-state index in [4.69, 9.17) is 11.6 Å². The Balaban J connectivity index is 3.23. The van der Waals surface area contributed by atoms with Crippen LogP contribution in [0.3, 0.4) is 0 Å². The van der Waals surface area contributed by atoms with E-state index in [0.717, 1.165) is 6.07 Å². The predicted molar refractivity (Wildman–Crippen MR) is 46.0 cm³/mol. The van der Waals surface area contributed by atoms with E-state index in [1.165, 1.54) is 6.07 Å². The van der Waals surface area contributed by atoms with Crippen molar-refractivity contribution in [1.29, 1.82) is 0 Å². The Morgan fingerprint density at radius 2 is 1.44 bits per heavy atom. The molecule has 0 amide bonds. The van der Waals surface area contributed by atoms with Gasteiger partial charge in [-0.1, -0.05) is 17.7 Å². The van der Waals surface area contributed by atoms with Gasteiger partial charge in [0.2, 0.25) is 0 Å². The van der Waals surface area contributed by atoms with Gasteiger partial charge in [-0.2, -0.15) is 4.90 Å². The van der Waals surface area contributed by atoms with Crippen LogP contribution in [0.1, 0.15) is 0 Å². The number of benzene rings is 1.